The van der Waals surface area contributed by atoms with Crippen LogP contribution >= 0.6 is 23.4 Å². The van der Waals surface area contributed by atoms with Crippen LogP contribution < -0.4 is 4.74 Å². The van der Waals surface area contributed by atoms with E-state index in [9.17, 15) is 0 Å². The lowest BCUT2D eigenvalue weighted by molar-refractivity contribution is 0.340. The Morgan fingerprint density at radius 3 is 2.86 bits per heavy atom. The van der Waals surface area contributed by atoms with Gasteiger partial charge in [-0.2, -0.15) is 11.8 Å². The molecule has 1 aromatic rings. The predicted molar refractivity (Wildman–Crippen MR) is 64.7 cm³/mol. The summed E-state index contributed by atoms with van der Waals surface area (Å²) in [6, 6.07) is 5.99. The molecule has 1 nitrogen and oxygen atoms in total. The molecule has 0 amide bonds. The summed E-state index contributed by atoms with van der Waals surface area (Å²) < 4.78 is 5.42. The molecule has 14 heavy (non-hydrogen) atoms. The Bertz CT molecular complexity index is 289. The van der Waals surface area contributed by atoms with E-state index in [1.54, 1.807) is 0 Å². The molecule has 78 valence electrons. The van der Waals surface area contributed by atoms with Crippen molar-refractivity contribution in [3.05, 3.63) is 28.8 Å². The maximum absolute atomic E-state index is 5.98. The minimum Gasteiger partial charge on any atom is -0.492 e. The van der Waals surface area contributed by atoms with Crippen molar-refractivity contribution in [2.75, 3.05) is 18.6 Å². The number of rotatable bonds is 5. The predicted octanol–water partition coefficient (Wildman–Crippen LogP) is 3.64. The quantitative estimate of drug-likeness (QED) is 0.764. The number of ether oxygens (including phenoxy) is 1. The van der Waals surface area contributed by atoms with Crippen LogP contribution in [-0.4, -0.2) is 18.6 Å². The zero-order valence-electron chi connectivity index (χ0n) is 8.55. The molecule has 0 bridgehead atoms. The summed E-state index contributed by atoms with van der Waals surface area (Å²) >= 11 is 7.82. The van der Waals surface area contributed by atoms with Gasteiger partial charge in [0.25, 0.3) is 0 Å². The van der Waals surface area contributed by atoms with Crippen molar-refractivity contribution < 1.29 is 4.74 Å². The van der Waals surface area contributed by atoms with Crippen LogP contribution in [0.25, 0.3) is 0 Å². The van der Waals surface area contributed by atoms with E-state index in [2.05, 4.69) is 12.3 Å². The SMILES string of the molecule is CCOc1cc(CCSC)ccc1Cl. The third kappa shape index (κ3) is 3.43. The second kappa shape index (κ2) is 6.20. The van der Waals surface area contributed by atoms with Crippen LogP contribution in [-0.2, 0) is 6.42 Å². The number of hydrogen-bond donors (Lipinski definition) is 0. The van der Waals surface area contributed by atoms with Gasteiger partial charge in [-0.1, -0.05) is 17.7 Å². The maximum Gasteiger partial charge on any atom is 0.138 e. The zero-order chi connectivity index (χ0) is 10.4. The Hall–Kier alpha value is -0.340. The van der Waals surface area contributed by atoms with E-state index < -0.39 is 0 Å². The van der Waals surface area contributed by atoms with Gasteiger partial charge in [-0.25, -0.2) is 0 Å². The van der Waals surface area contributed by atoms with Crippen LogP contribution in [0.4, 0.5) is 0 Å². The summed E-state index contributed by atoms with van der Waals surface area (Å²) in [4.78, 5) is 0. The average Bonchev–Trinajstić information content (AvgIpc) is 2.19. The first kappa shape index (κ1) is 11.7. The average molecular weight is 231 g/mol. The van der Waals surface area contributed by atoms with E-state index in [1.807, 2.05) is 30.8 Å². The largest absolute Gasteiger partial charge is 0.492 e. The highest BCUT2D eigenvalue weighted by Gasteiger charge is 2.02. The van der Waals surface area contributed by atoms with Crippen molar-refractivity contribution in [3.63, 3.8) is 0 Å². The molecule has 0 unspecified atom stereocenters. The Balaban J connectivity index is 2.72. The summed E-state index contributed by atoms with van der Waals surface area (Å²) in [5, 5.41) is 0.694. The van der Waals surface area contributed by atoms with E-state index >= 15 is 0 Å². The van der Waals surface area contributed by atoms with Gasteiger partial charge in [0.2, 0.25) is 0 Å². The molecule has 0 heterocycles. The minimum atomic E-state index is 0.658. The van der Waals surface area contributed by atoms with Crippen LogP contribution in [0.15, 0.2) is 18.2 Å². The van der Waals surface area contributed by atoms with Crippen molar-refractivity contribution in [2.45, 2.75) is 13.3 Å². The standard InChI is InChI=1S/C11H15ClOS/c1-3-13-11-8-9(6-7-14-2)4-5-10(11)12/h4-5,8H,3,6-7H2,1-2H3. The minimum absolute atomic E-state index is 0.658. The lowest BCUT2D eigenvalue weighted by Gasteiger charge is -2.07. The molecule has 0 aliphatic rings. The third-order valence-electron chi connectivity index (χ3n) is 1.89. The summed E-state index contributed by atoms with van der Waals surface area (Å²) in [5.74, 6) is 1.93. The summed E-state index contributed by atoms with van der Waals surface area (Å²) in [5.41, 5.74) is 1.28. The van der Waals surface area contributed by atoms with Crippen molar-refractivity contribution in [3.8, 4) is 5.75 Å². The second-order valence-electron chi connectivity index (χ2n) is 2.94. The summed E-state index contributed by atoms with van der Waals surface area (Å²) in [6.45, 7) is 2.62. The van der Waals surface area contributed by atoms with Crippen LogP contribution in [0.1, 0.15) is 12.5 Å². The monoisotopic (exact) mass is 230 g/mol. The molecule has 1 rings (SSSR count). The molecule has 0 aromatic heterocycles. The van der Waals surface area contributed by atoms with Crippen molar-refractivity contribution >= 4 is 23.4 Å². The van der Waals surface area contributed by atoms with E-state index in [0.29, 0.717) is 11.6 Å². The van der Waals surface area contributed by atoms with Gasteiger partial charge in [-0.3, -0.25) is 0 Å². The molecule has 0 N–H and O–H groups in total. The van der Waals surface area contributed by atoms with Gasteiger partial charge in [0.05, 0.1) is 11.6 Å². The summed E-state index contributed by atoms with van der Waals surface area (Å²) in [7, 11) is 0. The fourth-order valence-electron chi connectivity index (χ4n) is 1.19. The highest BCUT2D eigenvalue weighted by atomic mass is 35.5. The first-order valence-electron chi connectivity index (χ1n) is 4.68. The van der Waals surface area contributed by atoms with Crippen LogP contribution in [0.3, 0.4) is 0 Å². The van der Waals surface area contributed by atoms with Crippen LogP contribution in [0.2, 0.25) is 5.02 Å². The van der Waals surface area contributed by atoms with E-state index in [0.717, 1.165) is 17.9 Å². The summed E-state index contributed by atoms with van der Waals surface area (Å²) in [6.07, 6.45) is 3.18. The molecular weight excluding hydrogens is 216 g/mol. The lowest BCUT2D eigenvalue weighted by Crippen LogP contribution is -1.94. The molecular formula is C11H15ClOS. The molecule has 0 atom stereocenters. The van der Waals surface area contributed by atoms with Gasteiger partial charge in [-0.05, 0) is 43.0 Å². The smallest absolute Gasteiger partial charge is 0.138 e. The number of halogens is 1. The second-order valence-corrected chi connectivity index (χ2v) is 4.33. The van der Waals surface area contributed by atoms with Crippen LogP contribution in [0.5, 0.6) is 5.75 Å². The first-order valence-corrected chi connectivity index (χ1v) is 6.45. The Kier molecular flexibility index (Phi) is 5.20. The fraction of sp³-hybridized carbons (Fsp3) is 0.455. The molecule has 0 spiro atoms. The normalized spacial score (nSPS) is 10.2. The van der Waals surface area contributed by atoms with Gasteiger partial charge >= 0.3 is 0 Å². The van der Waals surface area contributed by atoms with Crippen molar-refractivity contribution in [1.29, 1.82) is 0 Å². The Morgan fingerprint density at radius 1 is 1.43 bits per heavy atom. The molecule has 0 saturated carbocycles. The van der Waals surface area contributed by atoms with E-state index in [-0.39, 0.29) is 0 Å². The number of benzene rings is 1. The molecule has 0 aliphatic heterocycles. The van der Waals surface area contributed by atoms with Gasteiger partial charge < -0.3 is 4.74 Å². The van der Waals surface area contributed by atoms with Gasteiger partial charge in [0.15, 0.2) is 0 Å². The van der Waals surface area contributed by atoms with Crippen molar-refractivity contribution in [1.82, 2.24) is 0 Å². The third-order valence-corrected chi connectivity index (χ3v) is 2.81. The molecule has 3 heteroatoms. The molecule has 0 aliphatic carbocycles. The number of aryl methyl sites for hydroxylation is 1. The molecule has 1 aromatic carbocycles. The van der Waals surface area contributed by atoms with E-state index in [1.165, 1.54) is 5.56 Å². The first-order chi connectivity index (χ1) is 6.77. The van der Waals surface area contributed by atoms with Gasteiger partial charge in [0, 0.05) is 0 Å². The Labute approximate surface area is 94.8 Å². The molecule has 0 saturated heterocycles. The van der Waals surface area contributed by atoms with Gasteiger partial charge in [0.1, 0.15) is 5.75 Å². The maximum atomic E-state index is 5.98. The topological polar surface area (TPSA) is 9.23 Å². The number of thioether (sulfide) groups is 1. The molecule has 0 fully saturated rings. The van der Waals surface area contributed by atoms with Crippen LogP contribution in [0, 0.1) is 0 Å². The molecule has 0 radical (unpaired) electrons. The highest BCUT2D eigenvalue weighted by molar-refractivity contribution is 7.98. The Morgan fingerprint density at radius 2 is 2.21 bits per heavy atom. The zero-order valence-corrected chi connectivity index (χ0v) is 10.1. The lowest BCUT2D eigenvalue weighted by atomic mass is 10.1. The fourth-order valence-corrected chi connectivity index (χ4v) is 1.80. The highest BCUT2D eigenvalue weighted by Crippen LogP contribution is 2.25. The number of hydrogen-bond acceptors (Lipinski definition) is 2. The van der Waals surface area contributed by atoms with Crippen molar-refractivity contribution in [2.24, 2.45) is 0 Å². The van der Waals surface area contributed by atoms with E-state index in [4.69, 9.17) is 16.3 Å². The van der Waals surface area contributed by atoms with Gasteiger partial charge in [-0.15, -0.1) is 0 Å².